The monoisotopic (exact) mass is 391 g/mol. The summed E-state index contributed by atoms with van der Waals surface area (Å²) in [5, 5.41) is 30.9. The van der Waals surface area contributed by atoms with Crippen molar-refractivity contribution in [1.82, 2.24) is 5.32 Å². The Labute approximate surface area is 175 Å². The van der Waals surface area contributed by atoms with E-state index < -0.39 is 24.3 Å². The quantitative estimate of drug-likeness (QED) is 0.390. The molecule has 2 rings (SSSR count). The molecule has 2 heterocycles. The predicted molar refractivity (Wildman–Crippen MR) is 85.4 cm³/mol. The van der Waals surface area contributed by atoms with Gasteiger partial charge in [-0.05, 0) is 19.3 Å². The smallest absolute Gasteiger partial charge is 0.547 e. The summed E-state index contributed by atoms with van der Waals surface area (Å²) in [5.74, 6) is -0.781. The van der Waals surface area contributed by atoms with E-state index in [0.717, 1.165) is 6.42 Å². The molecule has 150 valence electrons. The Morgan fingerprint density at radius 1 is 1.04 bits per heavy atom. The Balaban J connectivity index is -0.000000366. The minimum Gasteiger partial charge on any atom is -0.547 e. The van der Waals surface area contributed by atoms with E-state index in [1.54, 1.807) is 6.92 Å². The van der Waals surface area contributed by atoms with Gasteiger partial charge < -0.3 is 45.9 Å². The molecule has 0 bridgehead atoms. The van der Waals surface area contributed by atoms with Crippen molar-refractivity contribution < 1.29 is 74.9 Å². The van der Waals surface area contributed by atoms with Crippen LogP contribution in [0.3, 0.4) is 0 Å². The van der Waals surface area contributed by atoms with E-state index in [9.17, 15) is 14.7 Å². The summed E-state index contributed by atoms with van der Waals surface area (Å²) in [7, 11) is 0. The largest absolute Gasteiger partial charge is 1.00 e. The number of carbonyl (C=O) groups is 2. The summed E-state index contributed by atoms with van der Waals surface area (Å²) in [6, 6.07) is 0.216. The molecule has 7 N–H and O–H groups in total. The summed E-state index contributed by atoms with van der Waals surface area (Å²) in [6.45, 7) is 6.28. The maximum atomic E-state index is 10.7. The molecular formula is C15H30NNaO9. The first-order valence-corrected chi connectivity index (χ1v) is 7.78. The third kappa shape index (κ3) is 10.8. The van der Waals surface area contributed by atoms with Crippen molar-refractivity contribution in [3.63, 3.8) is 0 Å². The van der Waals surface area contributed by atoms with Crippen molar-refractivity contribution in [1.29, 1.82) is 0 Å². The van der Waals surface area contributed by atoms with Crippen molar-refractivity contribution in [3.8, 4) is 0 Å². The van der Waals surface area contributed by atoms with Gasteiger partial charge in [0.25, 0.3) is 0 Å². The third-order valence-corrected chi connectivity index (χ3v) is 4.06. The first kappa shape index (κ1) is 30.4. The second-order valence-corrected chi connectivity index (χ2v) is 6.16. The van der Waals surface area contributed by atoms with E-state index in [4.69, 9.17) is 14.9 Å². The number of carboxylic acid groups (broad SMARTS) is 1. The molecular weight excluding hydrogens is 361 g/mol. The summed E-state index contributed by atoms with van der Waals surface area (Å²) < 4.78 is 10.1. The van der Waals surface area contributed by atoms with E-state index in [1.807, 2.05) is 0 Å². The Morgan fingerprint density at radius 2 is 1.62 bits per heavy atom. The van der Waals surface area contributed by atoms with Crippen LogP contribution >= 0.6 is 0 Å². The molecule has 0 aliphatic carbocycles. The second-order valence-electron chi connectivity index (χ2n) is 6.16. The van der Waals surface area contributed by atoms with Crippen LogP contribution in [0.4, 0.5) is 0 Å². The number of carboxylic acids is 1. The van der Waals surface area contributed by atoms with Gasteiger partial charge in [0.15, 0.2) is 0 Å². The number of amides is 1. The second kappa shape index (κ2) is 14.7. The van der Waals surface area contributed by atoms with Crippen LogP contribution in [0.5, 0.6) is 0 Å². The average molecular weight is 391 g/mol. The van der Waals surface area contributed by atoms with Gasteiger partial charge in [-0.15, -0.1) is 0 Å². The van der Waals surface area contributed by atoms with E-state index in [-0.39, 0.29) is 65.5 Å². The van der Waals surface area contributed by atoms with Crippen molar-refractivity contribution in [2.45, 2.75) is 64.1 Å². The Kier molecular flexibility index (Phi) is 17.2. The molecule has 6 atom stereocenters. The molecule has 0 radical (unpaired) electrons. The molecule has 0 aromatic carbocycles. The van der Waals surface area contributed by atoms with Gasteiger partial charge in [0.2, 0.25) is 5.91 Å². The van der Waals surface area contributed by atoms with Gasteiger partial charge in [-0.25, -0.2) is 0 Å². The normalized spacial score (nSPS) is 33.0. The van der Waals surface area contributed by atoms with Gasteiger partial charge in [-0.3, -0.25) is 4.79 Å². The van der Waals surface area contributed by atoms with Crippen LogP contribution in [0.1, 0.15) is 33.6 Å². The topological polar surface area (TPSA) is 191 Å². The molecule has 2 aliphatic heterocycles. The van der Waals surface area contributed by atoms with Crippen LogP contribution in [0.25, 0.3) is 0 Å². The number of aliphatic carboxylic acids is 1. The van der Waals surface area contributed by atoms with Gasteiger partial charge in [0, 0.05) is 13.3 Å². The van der Waals surface area contributed by atoms with Crippen LogP contribution in [-0.2, 0) is 19.1 Å². The fourth-order valence-electron chi connectivity index (χ4n) is 2.46. The zero-order valence-corrected chi connectivity index (χ0v) is 17.7. The van der Waals surface area contributed by atoms with Crippen LogP contribution in [-0.4, -0.2) is 76.7 Å². The number of aliphatic hydroxyl groups excluding tert-OH is 2. The van der Waals surface area contributed by atoms with E-state index in [0.29, 0.717) is 18.6 Å². The maximum Gasteiger partial charge on any atom is 1.00 e. The number of hydrogen-bond acceptors (Lipinski definition) is 7. The standard InChI is InChI=1S/C9H17NO2.C6H10O5.Na.2H2O/c1-6-4-9(10-8(3)11)5-12-7(6)2;7-3-1-5(6(9)10)11-2-4(3)8;;;/h6-7,9H,4-5H2,1-3H3,(H,10,11);3-5,7-8H,1-2H2,(H,9,10);;2*1H2/q;;+1;;/p-1/t6-,7?,9?;3-,4?,5?;;;/m11.../s1. The molecule has 0 spiro atoms. The minimum atomic E-state index is -1.35. The predicted octanol–water partition coefficient (Wildman–Crippen LogP) is -6.46. The van der Waals surface area contributed by atoms with Gasteiger partial charge in [-0.2, -0.15) is 0 Å². The van der Waals surface area contributed by atoms with Gasteiger partial charge >= 0.3 is 29.6 Å². The molecule has 10 nitrogen and oxygen atoms in total. The van der Waals surface area contributed by atoms with E-state index in [1.165, 1.54) is 0 Å². The van der Waals surface area contributed by atoms with Gasteiger partial charge in [0.05, 0.1) is 43.5 Å². The van der Waals surface area contributed by atoms with E-state index in [2.05, 4.69) is 23.9 Å². The Morgan fingerprint density at radius 3 is 2.04 bits per heavy atom. The first-order valence-electron chi connectivity index (χ1n) is 7.78. The molecule has 11 heteroatoms. The number of rotatable bonds is 2. The summed E-state index contributed by atoms with van der Waals surface area (Å²) in [5.41, 5.74) is 0. The molecule has 0 aromatic rings. The number of carbonyl (C=O) groups excluding carboxylic acids is 2. The molecule has 2 aliphatic rings. The molecule has 2 fully saturated rings. The Hall–Kier alpha value is -0.300. The van der Waals surface area contributed by atoms with Gasteiger partial charge in [0.1, 0.15) is 6.10 Å². The molecule has 26 heavy (non-hydrogen) atoms. The summed E-state index contributed by atoms with van der Waals surface area (Å²) >= 11 is 0. The van der Waals surface area contributed by atoms with Crippen LogP contribution in [0.2, 0.25) is 0 Å². The van der Waals surface area contributed by atoms with Crippen LogP contribution < -0.4 is 40.0 Å². The third-order valence-electron chi connectivity index (χ3n) is 4.06. The zero-order valence-electron chi connectivity index (χ0n) is 15.7. The van der Waals surface area contributed by atoms with Crippen molar-refractivity contribution in [3.05, 3.63) is 0 Å². The van der Waals surface area contributed by atoms with Crippen LogP contribution in [0.15, 0.2) is 0 Å². The SMILES string of the molecule is CC(=O)NC1COC(C)[C@H](C)C1.O.O.O=C([O-])C1C[C@@H](O)C(O)CO1.[Na+]. The molecule has 1 amide bonds. The number of hydrogen-bond donors (Lipinski definition) is 3. The van der Waals surface area contributed by atoms with Crippen molar-refractivity contribution in [2.75, 3.05) is 13.2 Å². The molecule has 2 saturated heterocycles. The molecule has 0 saturated carbocycles. The first-order chi connectivity index (χ1) is 10.7. The molecule has 0 aromatic heterocycles. The summed E-state index contributed by atoms with van der Waals surface area (Å²) in [4.78, 5) is 20.9. The number of ether oxygens (including phenoxy) is 2. The number of nitrogens with one attached hydrogen (secondary N) is 1. The number of aliphatic hydroxyl groups is 2. The average Bonchev–Trinajstić information content (AvgIpc) is 2.46. The maximum absolute atomic E-state index is 10.7. The van der Waals surface area contributed by atoms with Crippen LogP contribution in [0, 0.1) is 5.92 Å². The fraction of sp³-hybridized carbons (Fsp3) is 0.867. The zero-order chi connectivity index (χ0) is 17.6. The Bertz CT molecular complexity index is 413. The minimum absolute atomic E-state index is 0. The summed E-state index contributed by atoms with van der Waals surface area (Å²) in [6.07, 6.45) is -1.84. The van der Waals surface area contributed by atoms with Crippen molar-refractivity contribution >= 4 is 11.9 Å². The van der Waals surface area contributed by atoms with Gasteiger partial charge in [-0.1, -0.05) is 6.92 Å². The van der Waals surface area contributed by atoms with Crippen molar-refractivity contribution in [2.24, 2.45) is 5.92 Å². The van der Waals surface area contributed by atoms with E-state index >= 15 is 0 Å². The molecule has 4 unspecified atom stereocenters. The fourth-order valence-corrected chi connectivity index (χ4v) is 2.46.